The summed E-state index contributed by atoms with van der Waals surface area (Å²) in [5, 5.41) is 5.88. The molecule has 6 nitrogen and oxygen atoms in total. The Morgan fingerprint density at radius 3 is 2.25 bits per heavy atom. The molecule has 0 saturated heterocycles. The molecule has 7 heteroatoms. The van der Waals surface area contributed by atoms with Crippen LogP contribution in [-0.2, 0) is 22.3 Å². The SMILES string of the molecule is CNS(=O)(=O)Cc1ccc(CNC(=O)NC2CCC(C)CC2)cc1. The topological polar surface area (TPSA) is 87.3 Å². The van der Waals surface area contributed by atoms with E-state index in [9.17, 15) is 13.2 Å². The Hall–Kier alpha value is -1.60. The second kappa shape index (κ2) is 8.48. The lowest BCUT2D eigenvalue weighted by Gasteiger charge is -2.26. The second-order valence-electron chi connectivity index (χ2n) is 6.56. The molecule has 0 atom stereocenters. The van der Waals surface area contributed by atoms with Crippen molar-refractivity contribution in [1.82, 2.24) is 15.4 Å². The quantitative estimate of drug-likeness (QED) is 0.732. The maximum Gasteiger partial charge on any atom is 0.315 e. The number of urea groups is 1. The molecular weight excluding hydrogens is 326 g/mol. The number of amides is 2. The first-order chi connectivity index (χ1) is 11.4. The van der Waals surface area contributed by atoms with Gasteiger partial charge in [0.1, 0.15) is 0 Å². The Bertz CT molecular complexity index is 636. The molecule has 0 bridgehead atoms. The van der Waals surface area contributed by atoms with E-state index in [1.54, 1.807) is 12.1 Å². The zero-order valence-corrected chi connectivity index (χ0v) is 15.2. The van der Waals surface area contributed by atoms with Crippen molar-refractivity contribution >= 4 is 16.1 Å². The van der Waals surface area contributed by atoms with Crippen LogP contribution in [0.15, 0.2) is 24.3 Å². The second-order valence-corrected chi connectivity index (χ2v) is 8.49. The highest BCUT2D eigenvalue weighted by Gasteiger charge is 2.19. The fraction of sp³-hybridized carbons (Fsp3) is 0.588. The average molecular weight is 353 g/mol. The van der Waals surface area contributed by atoms with E-state index in [1.807, 2.05) is 12.1 Å². The van der Waals surface area contributed by atoms with Crippen molar-refractivity contribution in [3.05, 3.63) is 35.4 Å². The van der Waals surface area contributed by atoms with Crippen LogP contribution < -0.4 is 15.4 Å². The van der Waals surface area contributed by atoms with Crippen molar-refractivity contribution < 1.29 is 13.2 Å². The van der Waals surface area contributed by atoms with Crippen LogP contribution in [0.2, 0.25) is 0 Å². The summed E-state index contributed by atoms with van der Waals surface area (Å²) < 4.78 is 25.3. The van der Waals surface area contributed by atoms with Crippen LogP contribution in [-0.4, -0.2) is 27.5 Å². The van der Waals surface area contributed by atoms with Crippen molar-refractivity contribution in [2.24, 2.45) is 5.92 Å². The number of rotatable bonds is 6. The number of carbonyl (C=O) groups is 1. The number of hydrogen-bond acceptors (Lipinski definition) is 3. The lowest BCUT2D eigenvalue weighted by Crippen LogP contribution is -2.43. The van der Waals surface area contributed by atoms with Crippen molar-refractivity contribution in [1.29, 1.82) is 0 Å². The Morgan fingerprint density at radius 2 is 1.67 bits per heavy atom. The fourth-order valence-corrected chi connectivity index (χ4v) is 3.64. The highest BCUT2D eigenvalue weighted by molar-refractivity contribution is 7.88. The smallest absolute Gasteiger partial charge is 0.315 e. The van der Waals surface area contributed by atoms with Crippen LogP contribution in [0.1, 0.15) is 43.7 Å². The van der Waals surface area contributed by atoms with Gasteiger partial charge in [-0.2, -0.15) is 0 Å². The van der Waals surface area contributed by atoms with Crippen LogP contribution >= 0.6 is 0 Å². The molecule has 1 aromatic rings. The molecule has 2 amide bonds. The predicted octanol–water partition coefficient (Wildman–Crippen LogP) is 2.11. The van der Waals surface area contributed by atoms with E-state index in [1.165, 1.54) is 19.9 Å². The minimum absolute atomic E-state index is 0.0439. The van der Waals surface area contributed by atoms with E-state index in [0.717, 1.165) is 24.3 Å². The summed E-state index contributed by atoms with van der Waals surface area (Å²) in [6.45, 7) is 2.68. The normalized spacial score (nSPS) is 21.2. The number of hydrogen-bond donors (Lipinski definition) is 3. The van der Waals surface area contributed by atoms with Crippen LogP contribution in [0.3, 0.4) is 0 Å². The zero-order chi connectivity index (χ0) is 17.6. The van der Waals surface area contributed by atoms with Crippen molar-refractivity contribution in [3.8, 4) is 0 Å². The third-order valence-corrected chi connectivity index (χ3v) is 5.83. The predicted molar refractivity (Wildman–Crippen MR) is 94.9 cm³/mol. The van der Waals surface area contributed by atoms with Crippen molar-refractivity contribution in [2.75, 3.05) is 7.05 Å². The van der Waals surface area contributed by atoms with E-state index in [-0.39, 0.29) is 17.8 Å². The molecular formula is C17H27N3O3S. The highest BCUT2D eigenvalue weighted by atomic mass is 32.2. The first-order valence-electron chi connectivity index (χ1n) is 8.41. The van der Waals surface area contributed by atoms with Crippen molar-refractivity contribution in [3.63, 3.8) is 0 Å². The van der Waals surface area contributed by atoms with E-state index < -0.39 is 10.0 Å². The fourth-order valence-electron chi connectivity index (χ4n) is 2.87. The van der Waals surface area contributed by atoms with E-state index in [4.69, 9.17) is 0 Å². The van der Waals surface area contributed by atoms with Crippen LogP contribution in [0, 0.1) is 5.92 Å². The van der Waals surface area contributed by atoms with Gasteiger partial charge in [-0.25, -0.2) is 17.9 Å². The average Bonchev–Trinajstić information content (AvgIpc) is 2.56. The monoisotopic (exact) mass is 353 g/mol. The molecule has 0 heterocycles. The molecule has 1 aliphatic rings. The van der Waals surface area contributed by atoms with Gasteiger partial charge >= 0.3 is 6.03 Å². The third-order valence-electron chi connectivity index (χ3n) is 4.49. The summed E-state index contributed by atoms with van der Waals surface area (Å²) in [5.74, 6) is 0.717. The van der Waals surface area contributed by atoms with Gasteiger partial charge in [0.25, 0.3) is 0 Å². The van der Waals surface area contributed by atoms with Gasteiger partial charge in [0.15, 0.2) is 0 Å². The van der Waals surface area contributed by atoms with Gasteiger partial charge in [-0.05, 0) is 49.8 Å². The number of sulfonamides is 1. The molecule has 134 valence electrons. The molecule has 0 spiro atoms. The summed E-state index contributed by atoms with van der Waals surface area (Å²) in [7, 11) is -1.86. The zero-order valence-electron chi connectivity index (χ0n) is 14.3. The van der Waals surface area contributed by atoms with Crippen LogP contribution in [0.4, 0.5) is 4.79 Å². The third kappa shape index (κ3) is 6.13. The largest absolute Gasteiger partial charge is 0.335 e. The molecule has 1 aliphatic carbocycles. The molecule has 24 heavy (non-hydrogen) atoms. The molecule has 1 fully saturated rings. The van der Waals surface area contributed by atoms with Crippen LogP contribution in [0.25, 0.3) is 0 Å². The first kappa shape index (κ1) is 18.7. The number of benzene rings is 1. The number of carbonyl (C=O) groups excluding carboxylic acids is 1. The Morgan fingerprint density at radius 1 is 1.08 bits per heavy atom. The Balaban J connectivity index is 1.76. The molecule has 0 unspecified atom stereocenters. The lowest BCUT2D eigenvalue weighted by molar-refractivity contribution is 0.228. The van der Waals surface area contributed by atoms with Gasteiger partial charge in [-0.3, -0.25) is 0 Å². The molecule has 3 N–H and O–H groups in total. The van der Waals surface area contributed by atoms with Gasteiger partial charge in [0.2, 0.25) is 10.0 Å². The molecule has 0 aromatic heterocycles. The maximum atomic E-state index is 11.9. The first-order valence-corrected chi connectivity index (χ1v) is 10.1. The molecule has 1 saturated carbocycles. The summed E-state index contributed by atoms with van der Waals surface area (Å²) >= 11 is 0. The van der Waals surface area contributed by atoms with E-state index >= 15 is 0 Å². The van der Waals surface area contributed by atoms with Gasteiger partial charge in [0, 0.05) is 12.6 Å². The summed E-state index contributed by atoms with van der Waals surface area (Å²) in [4.78, 5) is 11.9. The van der Waals surface area contributed by atoms with Gasteiger partial charge in [0.05, 0.1) is 5.75 Å². The summed E-state index contributed by atoms with van der Waals surface area (Å²) in [5.41, 5.74) is 1.65. The lowest BCUT2D eigenvalue weighted by atomic mass is 9.87. The summed E-state index contributed by atoms with van der Waals surface area (Å²) in [6, 6.07) is 7.34. The highest BCUT2D eigenvalue weighted by Crippen LogP contribution is 2.23. The number of nitrogens with one attached hydrogen (secondary N) is 3. The minimum atomic E-state index is -3.26. The van der Waals surface area contributed by atoms with Gasteiger partial charge < -0.3 is 10.6 Å². The standard InChI is InChI=1S/C17H27N3O3S/c1-13-3-9-16(10-4-13)20-17(21)19-11-14-5-7-15(8-6-14)12-24(22,23)18-2/h5-8,13,16,18H,3-4,9-12H2,1-2H3,(H2,19,20,21). The van der Waals surface area contributed by atoms with Crippen molar-refractivity contribution in [2.45, 2.75) is 50.9 Å². The Kier molecular flexibility index (Phi) is 6.62. The van der Waals surface area contributed by atoms with Crippen LogP contribution in [0.5, 0.6) is 0 Å². The van der Waals surface area contributed by atoms with E-state index in [0.29, 0.717) is 12.1 Å². The maximum absolute atomic E-state index is 11.9. The minimum Gasteiger partial charge on any atom is -0.335 e. The van der Waals surface area contributed by atoms with E-state index in [2.05, 4.69) is 22.3 Å². The van der Waals surface area contributed by atoms with Gasteiger partial charge in [-0.1, -0.05) is 31.2 Å². The molecule has 1 aromatic carbocycles. The molecule has 0 radical (unpaired) electrons. The molecule has 2 rings (SSSR count). The van der Waals surface area contributed by atoms with Gasteiger partial charge in [-0.15, -0.1) is 0 Å². The molecule has 0 aliphatic heterocycles. The Labute approximate surface area is 144 Å². The summed E-state index contributed by atoms with van der Waals surface area (Å²) in [6.07, 6.45) is 4.43.